The minimum atomic E-state index is -0.265. The zero-order valence-corrected chi connectivity index (χ0v) is 15.5. The molecule has 0 bridgehead atoms. The smallest absolute Gasteiger partial charge is 0.257 e. The van der Waals surface area contributed by atoms with E-state index in [-0.39, 0.29) is 5.91 Å². The Balaban J connectivity index is 1.41. The first-order valence-corrected chi connectivity index (χ1v) is 9.13. The van der Waals surface area contributed by atoms with E-state index in [1.54, 1.807) is 24.5 Å². The first-order chi connectivity index (χ1) is 14.3. The van der Waals surface area contributed by atoms with Crippen LogP contribution in [0.1, 0.15) is 16.1 Å². The highest BCUT2D eigenvalue weighted by atomic mass is 16.5. The van der Waals surface area contributed by atoms with Crippen LogP contribution >= 0.6 is 0 Å². The second-order valence-electron chi connectivity index (χ2n) is 6.23. The summed E-state index contributed by atoms with van der Waals surface area (Å²) in [6.07, 6.45) is 3.15. The van der Waals surface area contributed by atoms with Crippen LogP contribution < -0.4 is 15.4 Å². The lowest BCUT2D eigenvalue weighted by Gasteiger charge is -2.12. The molecule has 2 aromatic heterocycles. The maximum atomic E-state index is 12.6. The van der Waals surface area contributed by atoms with Crippen molar-refractivity contribution in [2.45, 2.75) is 6.54 Å². The van der Waals surface area contributed by atoms with Gasteiger partial charge in [0.05, 0.1) is 24.1 Å². The number of furan rings is 1. The van der Waals surface area contributed by atoms with Gasteiger partial charge in [0.2, 0.25) is 0 Å². The standard InChI is InChI=1S/C23H19N3O3/c27-23(17-12-13-22(24-15-17)25-16-19-9-6-14-28-19)26-20-10-4-5-11-21(20)29-18-7-2-1-3-8-18/h1-15H,16H2,(H,24,25)(H,26,27). The number of hydrogen-bond acceptors (Lipinski definition) is 5. The number of anilines is 2. The number of rotatable bonds is 7. The van der Waals surface area contributed by atoms with Gasteiger partial charge in [0, 0.05) is 6.20 Å². The molecule has 0 unspecified atom stereocenters. The molecule has 6 heteroatoms. The summed E-state index contributed by atoms with van der Waals surface area (Å²) < 4.78 is 11.2. The van der Waals surface area contributed by atoms with Crippen LogP contribution in [0.4, 0.5) is 11.5 Å². The number of nitrogens with one attached hydrogen (secondary N) is 2. The van der Waals surface area contributed by atoms with Gasteiger partial charge in [0.1, 0.15) is 17.3 Å². The summed E-state index contributed by atoms with van der Waals surface area (Å²) in [5, 5.41) is 6.02. The molecule has 144 valence electrons. The molecule has 6 nitrogen and oxygen atoms in total. The summed E-state index contributed by atoms with van der Waals surface area (Å²) in [7, 11) is 0. The maximum absolute atomic E-state index is 12.6. The normalized spacial score (nSPS) is 10.3. The van der Waals surface area contributed by atoms with E-state index >= 15 is 0 Å². The monoisotopic (exact) mass is 385 g/mol. The van der Waals surface area contributed by atoms with Crippen molar-refractivity contribution in [3.8, 4) is 11.5 Å². The van der Waals surface area contributed by atoms with E-state index in [1.807, 2.05) is 60.7 Å². The average molecular weight is 385 g/mol. The number of benzene rings is 2. The molecule has 0 saturated carbocycles. The molecule has 0 saturated heterocycles. The fourth-order valence-electron chi connectivity index (χ4n) is 2.69. The van der Waals surface area contributed by atoms with E-state index in [0.717, 1.165) is 5.76 Å². The van der Waals surface area contributed by atoms with Gasteiger partial charge in [0.25, 0.3) is 5.91 Å². The number of nitrogens with zero attached hydrogens (tertiary/aromatic N) is 1. The quantitative estimate of drug-likeness (QED) is 0.450. The summed E-state index contributed by atoms with van der Waals surface area (Å²) in [6.45, 7) is 0.524. The number of para-hydroxylation sites is 3. The number of amides is 1. The topological polar surface area (TPSA) is 76.4 Å². The van der Waals surface area contributed by atoms with Crippen LogP contribution in [0.25, 0.3) is 0 Å². The molecular weight excluding hydrogens is 366 g/mol. The van der Waals surface area contributed by atoms with Gasteiger partial charge < -0.3 is 19.8 Å². The number of aromatic nitrogens is 1. The molecule has 0 aliphatic heterocycles. The molecule has 4 rings (SSSR count). The van der Waals surface area contributed by atoms with Crippen molar-refractivity contribution >= 4 is 17.4 Å². The van der Waals surface area contributed by atoms with E-state index < -0.39 is 0 Å². The third-order valence-electron chi connectivity index (χ3n) is 4.16. The van der Waals surface area contributed by atoms with Crippen LogP contribution in [0.15, 0.2) is 95.7 Å². The molecular formula is C23H19N3O3. The second-order valence-corrected chi connectivity index (χ2v) is 6.23. The molecule has 2 N–H and O–H groups in total. The maximum Gasteiger partial charge on any atom is 0.257 e. The first-order valence-electron chi connectivity index (χ1n) is 9.13. The molecule has 0 aliphatic carbocycles. The third-order valence-corrected chi connectivity index (χ3v) is 4.16. The molecule has 0 radical (unpaired) electrons. The Kier molecular flexibility index (Phi) is 5.53. The van der Waals surface area contributed by atoms with Gasteiger partial charge >= 0.3 is 0 Å². The van der Waals surface area contributed by atoms with Gasteiger partial charge in [0.15, 0.2) is 5.75 Å². The summed E-state index contributed by atoms with van der Waals surface area (Å²) in [5.41, 5.74) is 1.03. The summed E-state index contributed by atoms with van der Waals surface area (Å²) in [6, 6.07) is 23.9. The van der Waals surface area contributed by atoms with Gasteiger partial charge in [-0.2, -0.15) is 0 Å². The summed E-state index contributed by atoms with van der Waals surface area (Å²) >= 11 is 0. The van der Waals surface area contributed by atoms with Crippen molar-refractivity contribution < 1.29 is 13.9 Å². The Morgan fingerprint density at radius 3 is 2.52 bits per heavy atom. The molecule has 0 spiro atoms. The van der Waals surface area contributed by atoms with Crippen LogP contribution in [0.3, 0.4) is 0 Å². The minimum absolute atomic E-state index is 0.265. The fraction of sp³-hybridized carbons (Fsp3) is 0.0435. The number of carbonyl (C=O) groups is 1. The van der Waals surface area contributed by atoms with Gasteiger partial charge in [-0.1, -0.05) is 30.3 Å². The summed E-state index contributed by atoms with van der Waals surface area (Å²) in [4.78, 5) is 16.9. The van der Waals surface area contributed by atoms with Crippen LogP contribution in [0.2, 0.25) is 0 Å². The van der Waals surface area contributed by atoms with Crippen LogP contribution in [0.5, 0.6) is 11.5 Å². The molecule has 0 atom stereocenters. The Hall–Kier alpha value is -4.06. The zero-order chi connectivity index (χ0) is 19.9. The lowest BCUT2D eigenvalue weighted by molar-refractivity contribution is 0.102. The van der Waals surface area contributed by atoms with Gasteiger partial charge in [-0.25, -0.2) is 4.98 Å². The molecule has 0 aliphatic rings. The van der Waals surface area contributed by atoms with Crippen LogP contribution in [0, 0.1) is 0 Å². The van der Waals surface area contributed by atoms with Crippen LogP contribution in [-0.4, -0.2) is 10.9 Å². The van der Waals surface area contributed by atoms with Crippen molar-refractivity contribution in [1.82, 2.24) is 4.98 Å². The first kappa shape index (κ1) is 18.3. The Bertz CT molecular complexity index is 1060. The molecule has 4 aromatic rings. The molecule has 29 heavy (non-hydrogen) atoms. The van der Waals surface area contributed by atoms with Gasteiger partial charge in [-0.3, -0.25) is 4.79 Å². The van der Waals surface area contributed by atoms with E-state index in [4.69, 9.17) is 9.15 Å². The number of carbonyl (C=O) groups excluding carboxylic acids is 1. The van der Waals surface area contributed by atoms with E-state index in [1.165, 1.54) is 6.20 Å². The Morgan fingerprint density at radius 1 is 0.931 bits per heavy atom. The third kappa shape index (κ3) is 4.81. The lowest BCUT2D eigenvalue weighted by Crippen LogP contribution is -2.13. The van der Waals surface area contributed by atoms with E-state index in [0.29, 0.717) is 35.1 Å². The second kappa shape index (κ2) is 8.75. The molecule has 1 amide bonds. The predicted molar refractivity (Wildman–Crippen MR) is 111 cm³/mol. The fourth-order valence-corrected chi connectivity index (χ4v) is 2.69. The predicted octanol–water partition coefficient (Wildman–Crippen LogP) is 5.33. The highest BCUT2D eigenvalue weighted by molar-refractivity contribution is 6.04. The Morgan fingerprint density at radius 2 is 1.76 bits per heavy atom. The number of pyridine rings is 1. The van der Waals surface area contributed by atoms with Crippen LogP contribution in [-0.2, 0) is 6.54 Å². The van der Waals surface area contributed by atoms with Crippen molar-refractivity contribution in [1.29, 1.82) is 0 Å². The highest BCUT2D eigenvalue weighted by Crippen LogP contribution is 2.29. The number of hydrogen-bond donors (Lipinski definition) is 2. The SMILES string of the molecule is O=C(Nc1ccccc1Oc1ccccc1)c1ccc(NCc2ccco2)nc1. The highest BCUT2D eigenvalue weighted by Gasteiger charge is 2.11. The van der Waals surface area contributed by atoms with Crippen molar-refractivity contribution in [2.24, 2.45) is 0 Å². The minimum Gasteiger partial charge on any atom is -0.467 e. The molecule has 0 fully saturated rings. The van der Waals surface area contributed by atoms with Crippen molar-refractivity contribution in [3.63, 3.8) is 0 Å². The molecule has 2 heterocycles. The van der Waals surface area contributed by atoms with Crippen molar-refractivity contribution in [3.05, 3.63) is 103 Å². The van der Waals surface area contributed by atoms with E-state index in [9.17, 15) is 4.79 Å². The number of ether oxygens (including phenoxy) is 1. The van der Waals surface area contributed by atoms with E-state index in [2.05, 4.69) is 15.6 Å². The van der Waals surface area contributed by atoms with Crippen molar-refractivity contribution in [2.75, 3.05) is 10.6 Å². The largest absolute Gasteiger partial charge is 0.467 e. The summed E-state index contributed by atoms with van der Waals surface area (Å²) in [5.74, 6) is 2.47. The molecule has 2 aromatic carbocycles. The lowest BCUT2D eigenvalue weighted by atomic mass is 10.2. The van der Waals surface area contributed by atoms with Gasteiger partial charge in [-0.15, -0.1) is 0 Å². The average Bonchev–Trinajstić information content (AvgIpc) is 3.28. The van der Waals surface area contributed by atoms with Gasteiger partial charge in [-0.05, 0) is 48.5 Å². The zero-order valence-electron chi connectivity index (χ0n) is 15.5. The Labute approximate surface area is 168 Å².